The number of carbonyl (C=O) groups is 1. The van der Waals surface area contributed by atoms with Crippen molar-refractivity contribution in [2.75, 3.05) is 19.8 Å². The average Bonchev–Trinajstić information content (AvgIpc) is 2.89. The average molecular weight is 329 g/mol. The van der Waals surface area contributed by atoms with Crippen molar-refractivity contribution in [1.82, 2.24) is 4.31 Å². The van der Waals surface area contributed by atoms with E-state index < -0.39 is 28.1 Å². The summed E-state index contributed by atoms with van der Waals surface area (Å²) in [6, 6.07) is 4.88. The van der Waals surface area contributed by atoms with Gasteiger partial charge in [-0.2, -0.15) is 4.31 Å². The third kappa shape index (κ3) is 3.30. The van der Waals surface area contributed by atoms with Crippen LogP contribution in [-0.2, 0) is 14.8 Å². The molecule has 0 aromatic heterocycles. The van der Waals surface area contributed by atoms with Crippen LogP contribution >= 0.6 is 0 Å². The molecule has 0 aliphatic carbocycles. The van der Waals surface area contributed by atoms with Gasteiger partial charge in [-0.05, 0) is 31.5 Å². The first-order valence-electron chi connectivity index (χ1n) is 6.98. The Bertz CT molecular complexity index is 644. The van der Waals surface area contributed by atoms with Crippen molar-refractivity contribution in [3.05, 3.63) is 29.8 Å². The molecule has 1 aromatic carbocycles. The van der Waals surface area contributed by atoms with E-state index in [1.54, 1.807) is 6.92 Å². The van der Waals surface area contributed by atoms with E-state index in [9.17, 15) is 23.4 Å². The molecular formula is C14H19NO6S. The van der Waals surface area contributed by atoms with E-state index in [1.165, 1.54) is 24.3 Å². The first-order chi connectivity index (χ1) is 10.4. The first kappa shape index (κ1) is 16.9. The number of benzene rings is 1. The second-order valence-electron chi connectivity index (χ2n) is 5.05. The number of ether oxygens (including phenoxy) is 1. The molecule has 1 fully saturated rings. The minimum absolute atomic E-state index is 0.0643. The number of esters is 1. The Morgan fingerprint density at radius 1 is 1.45 bits per heavy atom. The maximum atomic E-state index is 12.6. The number of nitrogens with zero attached hydrogens (tertiary/aromatic N) is 1. The Kier molecular flexibility index (Phi) is 5.17. The highest BCUT2D eigenvalue weighted by Gasteiger charge is 2.39. The highest BCUT2D eigenvalue weighted by molar-refractivity contribution is 7.89. The van der Waals surface area contributed by atoms with Gasteiger partial charge in [0.1, 0.15) is 0 Å². The third-order valence-electron chi connectivity index (χ3n) is 3.50. The Morgan fingerprint density at radius 3 is 2.82 bits per heavy atom. The topological polar surface area (TPSA) is 104 Å². The van der Waals surface area contributed by atoms with Crippen molar-refractivity contribution < 1.29 is 28.2 Å². The molecule has 1 heterocycles. The molecule has 0 amide bonds. The number of rotatable bonds is 5. The van der Waals surface area contributed by atoms with Crippen LogP contribution in [0.4, 0.5) is 0 Å². The summed E-state index contributed by atoms with van der Waals surface area (Å²) in [7, 11) is -3.90. The lowest BCUT2D eigenvalue weighted by Gasteiger charge is -2.22. The molecule has 0 unspecified atom stereocenters. The fraction of sp³-hybridized carbons (Fsp3) is 0.500. The van der Waals surface area contributed by atoms with E-state index in [0.29, 0.717) is 0 Å². The predicted octanol–water partition coefficient (Wildman–Crippen LogP) is -0.0205. The molecule has 0 radical (unpaired) electrons. The zero-order valence-corrected chi connectivity index (χ0v) is 13.0. The summed E-state index contributed by atoms with van der Waals surface area (Å²) in [5.74, 6) is -0.597. The van der Waals surface area contributed by atoms with Gasteiger partial charge in [0.2, 0.25) is 10.0 Å². The van der Waals surface area contributed by atoms with Gasteiger partial charge in [-0.15, -0.1) is 0 Å². The first-order valence-corrected chi connectivity index (χ1v) is 8.42. The number of hydrogen-bond donors (Lipinski definition) is 2. The number of aliphatic hydroxyl groups is 2. The standard InChI is InChI=1S/C14H19NO6S/c1-2-21-14(18)10-4-3-5-13(6-10)22(19,20)15-8-12(17)7-11(15)9-16/h3-6,11-12,16-17H,2,7-9H2,1H3/t11-,12-/m0/s1. The summed E-state index contributed by atoms with van der Waals surface area (Å²) in [6.07, 6.45) is -0.618. The van der Waals surface area contributed by atoms with Gasteiger partial charge in [0.25, 0.3) is 0 Å². The normalized spacial score (nSPS) is 22.7. The van der Waals surface area contributed by atoms with Gasteiger partial charge in [0.15, 0.2) is 0 Å². The van der Waals surface area contributed by atoms with Crippen molar-refractivity contribution in [2.45, 2.75) is 30.4 Å². The molecule has 1 saturated heterocycles. The fourth-order valence-corrected chi connectivity index (χ4v) is 4.17. The van der Waals surface area contributed by atoms with Gasteiger partial charge in [0.05, 0.1) is 35.8 Å². The molecule has 7 nitrogen and oxygen atoms in total. The van der Waals surface area contributed by atoms with Gasteiger partial charge >= 0.3 is 5.97 Å². The van der Waals surface area contributed by atoms with Crippen LogP contribution in [0.3, 0.4) is 0 Å². The largest absolute Gasteiger partial charge is 0.462 e. The van der Waals surface area contributed by atoms with Crippen LogP contribution in [0.25, 0.3) is 0 Å². The minimum atomic E-state index is -3.90. The molecule has 0 saturated carbocycles. The summed E-state index contributed by atoms with van der Waals surface area (Å²) in [6.45, 7) is 1.42. The minimum Gasteiger partial charge on any atom is -0.462 e. The van der Waals surface area contributed by atoms with Gasteiger partial charge in [-0.3, -0.25) is 0 Å². The zero-order valence-electron chi connectivity index (χ0n) is 12.2. The molecule has 122 valence electrons. The number of sulfonamides is 1. The van der Waals surface area contributed by atoms with Crippen LogP contribution in [0.2, 0.25) is 0 Å². The lowest BCUT2D eigenvalue weighted by atomic mass is 10.2. The molecule has 1 aromatic rings. The maximum absolute atomic E-state index is 12.6. The second kappa shape index (κ2) is 6.74. The van der Waals surface area contributed by atoms with Gasteiger partial charge < -0.3 is 14.9 Å². The lowest BCUT2D eigenvalue weighted by Crippen LogP contribution is -2.38. The second-order valence-corrected chi connectivity index (χ2v) is 6.94. The van der Waals surface area contributed by atoms with E-state index >= 15 is 0 Å². The summed E-state index contributed by atoms with van der Waals surface area (Å²) < 4.78 is 31.2. The quantitative estimate of drug-likeness (QED) is 0.736. The number of carbonyl (C=O) groups excluding carboxylic acids is 1. The van der Waals surface area contributed by atoms with Crippen LogP contribution in [0, 0.1) is 0 Å². The third-order valence-corrected chi connectivity index (χ3v) is 5.42. The zero-order chi connectivity index (χ0) is 16.3. The van der Waals surface area contributed by atoms with Crippen molar-refractivity contribution in [2.24, 2.45) is 0 Å². The predicted molar refractivity (Wildman–Crippen MR) is 77.8 cm³/mol. The van der Waals surface area contributed by atoms with E-state index in [1.807, 2.05) is 0 Å². The van der Waals surface area contributed by atoms with Crippen molar-refractivity contribution in [3.63, 3.8) is 0 Å². The molecule has 1 aliphatic rings. The summed E-state index contributed by atoms with van der Waals surface area (Å²) in [5, 5.41) is 18.9. The van der Waals surface area contributed by atoms with Crippen molar-refractivity contribution >= 4 is 16.0 Å². The molecule has 2 N–H and O–H groups in total. The van der Waals surface area contributed by atoms with Crippen LogP contribution in [0.1, 0.15) is 23.7 Å². The Morgan fingerprint density at radius 2 is 2.18 bits per heavy atom. The SMILES string of the molecule is CCOC(=O)c1cccc(S(=O)(=O)N2C[C@@H](O)C[C@H]2CO)c1. The van der Waals surface area contributed by atoms with Crippen LogP contribution in [0.15, 0.2) is 29.2 Å². The van der Waals surface area contributed by atoms with Crippen LogP contribution in [0.5, 0.6) is 0 Å². The van der Waals surface area contributed by atoms with Gasteiger partial charge in [-0.1, -0.05) is 6.07 Å². The van der Waals surface area contributed by atoms with E-state index in [2.05, 4.69) is 0 Å². The fourth-order valence-electron chi connectivity index (χ4n) is 2.46. The maximum Gasteiger partial charge on any atom is 0.338 e. The summed E-state index contributed by atoms with van der Waals surface area (Å²) in [4.78, 5) is 11.6. The van der Waals surface area contributed by atoms with Crippen molar-refractivity contribution in [1.29, 1.82) is 0 Å². The van der Waals surface area contributed by atoms with Crippen LogP contribution < -0.4 is 0 Å². The summed E-state index contributed by atoms with van der Waals surface area (Å²) in [5.41, 5.74) is 0.142. The Labute approximate surface area is 129 Å². The molecule has 2 rings (SSSR count). The number of aliphatic hydroxyl groups excluding tert-OH is 2. The molecule has 22 heavy (non-hydrogen) atoms. The highest BCUT2D eigenvalue weighted by atomic mass is 32.2. The smallest absolute Gasteiger partial charge is 0.338 e. The van der Waals surface area contributed by atoms with E-state index in [4.69, 9.17) is 4.74 Å². The molecule has 0 spiro atoms. The van der Waals surface area contributed by atoms with Crippen molar-refractivity contribution in [3.8, 4) is 0 Å². The molecule has 1 aliphatic heterocycles. The molecule has 8 heteroatoms. The molecular weight excluding hydrogens is 310 g/mol. The van der Waals surface area contributed by atoms with Gasteiger partial charge in [0, 0.05) is 6.54 Å². The van der Waals surface area contributed by atoms with E-state index in [0.717, 1.165) is 4.31 Å². The monoisotopic (exact) mass is 329 g/mol. The number of β-amino-alcohol motifs (C(OH)–C–C–N with tert-alkyl or cyclic N) is 1. The molecule has 2 atom stereocenters. The number of hydrogen-bond acceptors (Lipinski definition) is 6. The van der Waals surface area contributed by atoms with E-state index in [-0.39, 0.29) is 36.6 Å². The lowest BCUT2D eigenvalue weighted by molar-refractivity contribution is 0.0526. The molecule has 0 bridgehead atoms. The Balaban J connectivity index is 2.34. The van der Waals surface area contributed by atoms with Gasteiger partial charge in [-0.25, -0.2) is 13.2 Å². The Hall–Kier alpha value is -1.48. The summed E-state index contributed by atoms with van der Waals surface area (Å²) >= 11 is 0. The van der Waals surface area contributed by atoms with Crippen LogP contribution in [-0.4, -0.2) is 60.8 Å². The highest BCUT2D eigenvalue weighted by Crippen LogP contribution is 2.26.